The number of hydrogen-bond acceptors (Lipinski definition) is 5. The summed E-state index contributed by atoms with van der Waals surface area (Å²) in [5, 5.41) is 8.93. The Morgan fingerprint density at radius 2 is 2.21 bits per heavy atom. The largest absolute Gasteiger partial charge is 0.395 e. The maximum absolute atomic E-state index is 12.0. The lowest BCUT2D eigenvalue weighted by atomic mass is 10.4. The van der Waals surface area contributed by atoms with Crippen molar-refractivity contribution < 1.29 is 13.5 Å². The monoisotopic (exact) mass is 301 g/mol. The molecule has 19 heavy (non-hydrogen) atoms. The summed E-state index contributed by atoms with van der Waals surface area (Å²) in [6.45, 7) is 1.13. The molecule has 0 unspecified atom stereocenters. The van der Waals surface area contributed by atoms with Crippen LogP contribution in [0, 0.1) is 11.8 Å². The van der Waals surface area contributed by atoms with Gasteiger partial charge in [0.1, 0.15) is 0 Å². The van der Waals surface area contributed by atoms with Crippen LogP contribution in [0.25, 0.3) is 0 Å². The highest BCUT2D eigenvalue weighted by molar-refractivity contribution is 7.90. The molecule has 1 aliphatic heterocycles. The van der Waals surface area contributed by atoms with Gasteiger partial charge in [0, 0.05) is 19.5 Å². The Morgan fingerprint density at radius 1 is 1.47 bits per heavy atom. The number of aliphatic hydroxyl groups is 1. The summed E-state index contributed by atoms with van der Waals surface area (Å²) in [5.74, 6) is 5.58. The summed E-state index contributed by atoms with van der Waals surface area (Å²) in [6, 6.07) is 0. The van der Waals surface area contributed by atoms with E-state index in [4.69, 9.17) is 5.11 Å². The molecule has 0 spiro atoms. The molecule has 1 aromatic heterocycles. The molecule has 104 valence electrons. The molecule has 2 rings (SSSR count). The summed E-state index contributed by atoms with van der Waals surface area (Å²) in [6.07, 6.45) is 3.72. The predicted molar refractivity (Wildman–Crippen MR) is 74.0 cm³/mol. The molecule has 0 aliphatic carbocycles. The lowest BCUT2D eigenvalue weighted by Crippen LogP contribution is -2.33. The van der Waals surface area contributed by atoms with Crippen molar-refractivity contribution in [1.29, 1.82) is 0 Å². The van der Waals surface area contributed by atoms with Crippen molar-refractivity contribution in [2.24, 2.45) is 0 Å². The second-order valence-corrected chi connectivity index (χ2v) is 6.72. The Kier molecular flexibility index (Phi) is 4.76. The van der Waals surface area contributed by atoms with Crippen molar-refractivity contribution in [2.75, 3.05) is 24.4 Å². The molecule has 6 nitrogen and oxygen atoms in total. The molecular formula is C11H15N3O3S2. The average Bonchev–Trinajstić information content (AvgIpc) is 3.00. The Balaban J connectivity index is 2.02. The van der Waals surface area contributed by atoms with E-state index in [9.17, 15) is 8.42 Å². The highest BCUT2D eigenvalue weighted by atomic mass is 32.2. The van der Waals surface area contributed by atoms with E-state index in [0.29, 0.717) is 29.5 Å². The minimum atomic E-state index is -3.48. The van der Waals surface area contributed by atoms with Gasteiger partial charge in [0.05, 0.1) is 17.7 Å². The van der Waals surface area contributed by atoms with E-state index in [0.717, 1.165) is 12.8 Å². The highest BCUT2D eigenvalue weighted by Gasteiger charge is 2.25. The quantitative estimate of drug-likeness (QED) is 0.799. The normalized spacial score (nSPS) is 16.1. The van der Waals surface area contributed by atoms with Gasteiger partial charge in [-0.1, -0.05) is 23.2 Å². The predicted octanol–water partition coefficient (Wildman–Crippen LogP) is 0.629. The van der Waals surface area contributed by atoms with Crippen molar-refractivity contribution in [3.8, 4) is 11.8 Å². The van der Waals surface area contributed by atoms with Crippen LogP contribution < -0.4 is 4.72 Å². The lowest BCUT2D eigenvalue weighted by Gasteiger charge is -2.14. The molecule has 0 saturated carbocycles. The van der Waals surface area contributed by atoms with E-state index in [1.807, 2.05) is 0 Å². The van der Waals surface area contributed by atoms with Crippen LogP contribution in [0.5, 0.6) is 0 Å². The summed E-state index contributed by atoms with van der Waals surface area (Å²) in [5.41, 5.74) is 0. The third-order valence-electron chi connectivity index (χ3n) is 2.58. The van der Waals surface area contributed by atoms with E-state index in [1.165, 1.54) is 21.8 Å². The van der Waals surface area contributed by atoms with Gasteiger partial charge in [-0.2, -0.15) is 12.7 Å². The zero-order chi connectivity index (χ0) is 13.7. The fourth-order valence-corrected chi connectivity index (χ4v) is 3.85. The molecule has 0 amide bonds. The first-order chi connectivity index (χ1) is 9.12. The van der Waals surface area contributed by atoms with Crippen molar-refractivity contribution in [2.45, 2.75) is 19.3 Å². The van der Waals surface area contributed by atoms with Crippen LogP contribution in [-0.4, -0.2) is 42.5 Å². The zero-order valence-corrected chi connectivity index (χ0v) is 11.9. The standard InChI is InChI=1S/C11H15N3O3S2/c15-8-4-1-5-10-9-12-11(18-10)13-19(16,17)14-6-2-3-7-14/h9,15H,2-4,6-8H2,(H,12,13). The third kappa shape index (κ3) is 3.91. The van der Waals surface area contributed by atoms with Crippen LogP contribution in [0.1, 0.15) is 24.1 Å². The van der Waals surface area contributed by atoms with Gasteiger partial charge >= 0.3 is 10.2 Å². The fraction of sp³-hybridized carbons (Fsp3) is 0.545. The van der Waals surface area contributed by atoms with Gasteiger partial charge in [-0.05, 0) is 12.8 Å². The molecule has 0 atom stereocenters. The SMILES string of the molecule is O=S(=O)(Nc1ncc(C#CCCO)s1)N1CCCC1. The van der Waals surface area contributed by atoms with Crippen LogP contribution in [0.3, 0.4) is 0 Å². The number of nitrogens with zero attached hydrogens (tertiary/aromatic N) is 2. The number of thiazole rings is 1. The first kappa shape index (κ1) is 14.3. The Labute approximate surface area is 116 Å². The van der Waals surface area contributed by atoms with E-state index < -0.39 is 10.2 Å². The fourth-order valence-electron chi connectivity index (χ4n) is 1.69. The minimum absolute atomic E-state index is 0.0141. The molecule has 0 radical (unpaired) electrons. The number of rotatable bonds is 4. The highest BCUT2D eigenvalue weighted by Crippen LogP contribution is 2.21. The summed E-state index contributed by atoms with van der Waals surface area (Å²) in [4.78, 5) is 4.66. The number of aliphatic hydroxyl groups excluding tert-OH is 1. The van der Waals surface area contributed by atoms with Crippen molar-refractivity contribution in [1.82, 2.24) is 9.29 Å². The van der Waals surface area contributed by atoms with E-state index in [-0.39, 0.29) is 6.61 Å². The molecule has 1 aromatic rings. The summed E-state index contributed by atoms with van der Waals surface area (Å²) in [7, 11) is -3.48. The molecule has 8 heteroatoms. The molecule has 1 fully saturated rings. The topological polar surface area (TPSA) is 82.5 Å². The number of hydrogen-bond donors (Lipinski definition) is 2. The van der Waals surface area contributed by atoms with Gasteiger partial charge < -0.3 is 5.11 Å². The molecule has 2 N–H and O–H groups in total. The van der Waals surface area contributed by atoms with Gasteiger partial charge in [0.25, 0.3) is 0 Å². The number of anilines is 1. The molecule has 0 bridgehead atoms. The Bertz CT molecular complexity index is 580. The minimum Gasteiger partial charge on any atom is -0.395 e. The van der Waals surface area contributed by atoms with Crippen LogP contribution >= 0.6 is 11.3 Å². The first-order valence-corrected chi connectivity index (χ1v) is 8.21. The average molecular weight is 301 g/mol. The first-order valence-electron chi connectivity index (χ1n) is 5.95. The zero-order valence-electron chi connectivity index (χ0n) is 10.3. The van der Waals surface area contributed by atoms with Gasteiger partial charge in [-0.25, -0.2) is 9.71 Å². The molecule has 2 heterocycles. The maximum Gasteiger partial charge on any atom is 0.303 e. The molecule has 1 saturated heterocycles. The van der Waals surface area contributed by atoms with Crippen LogP contribution in [0.4, 0.5) is 5.13 Å². The molecule has 1 aliphatic rings. The third-order valence-corrected chi connectivity index (χ3v) is 5.03. The van der Waals surface area contributed by atoms with Crippen LogP contribution in [0.2, 0.25) is 0 Å². The van der Waals surface area contributed by atoms with Gasteiger partial charge in [0.15, 0.2) is 5.13 Å². The summed E-state index contributed by atoms with van der Waals surface area (Å²) >= 11 is 1.19. The van der Waals surface area contributed by atoms with Crippen LogP contribution in [-0.2, 0) is 10.2 Å². The van der Waals surface area contributed by atoms with Gasteiger partial charge in [-0.3, -0.25) is 0 Å². The van der Waals surface area contributed by atoms with Crippen molar-refractivity contribution in [3.05, 3.63) is 11.1 Å². The van der Waals surface area contributed by atoms with Crippen molar-refractivity contribution >= 4 is 26.7 Å². The summed E-state index contributed by atoms with van der Waals surface area (Å²) < 4.78 is 27.9. The second kappa shape index (κ2) is 6.34. The van der Waals surface area contributed by atoms with Gasteiger partial charge in [0.2, 0.25) is 0 Å². The smallest absolute Gasteiger partial charge is 0.303 e. The Hall–Kier alpha value is -1.14. The number of aromatic nitrogens is 1. The maximum atomic E-state index is 12.0. The Morgan fingerprint density at radius 3 is 2.89 bits per heavy atom. The molecular weight excluding hydrogens is 286 g/mol. The van der Waals surface area contributed by atoms with E-state index >= 15 is 0 Å². The van der Waals surface area contributed by atoms with Crippen LogP contribution in [0.15, 0.2) is 6.20 Å². The number of nitrogens with one attached hydrogen (secondary N) is 1. The van der Waals surface area contributed by atoms with E-state index in [1.54, 1.807) is 0 Å². The lowest BCUT2D eigenvalue weighted by molar-refractivity contribution is 0.305. The van der Waals surface area contributed by atoms with Crippen molar-refractivity contribution in [3.63, 3.8) is 0 Å². The molecule has 0 aromatic carbocycles. The second-order valence-electron chi connectivity index (χ2n) is 4.02. The van der Waals surface area contributed by atoms with E-state index in [2.05, 4.69) is 21.5 Å². The van der Waals surface area contributed by atoms with Gasteiger partial charge in [-0.15, -0.1) is 0 Å².